The summed E-state index contributed by atoms with van der Waals surface area (Å²) in [7, 11) is 0. The monoisotopic (exact) mass is 345 g/mol. The van der Waals surface area contributed by atoms with Crippen LogP contribution in [0.1, 0.15) is 18.4 Å². The zero-order valence-corrected chi connectivity index (χ0v) is 13.7. The zero-order valence-electron chi connectivity index (χ0n) is 11.4. The van der Waals surface area contributed by atoms with E-state index in [1.54, 1.807) is 6.07 Å². The fraction of sp³-hybridized carbons (Fsp3) is 0.429. The fourth-order valence-electron chi connectivity index (χ4n) is 2.35. The number of nitrogens with two attached hydrogens (primary N) is 1. The highest BCUT2D eigenvalue weighted by molar-refractivity contribution is 7.78. The molecule has 1 atom stereocenters. The number of thiocarbonyl (C=S) groups is 1. The number of rotatable bonds is 7. The molecule has 114 valence electrons. The maximum atomic E-state index is 11.1. The van der Waals surface area contributed by atoms with Crippen LogP contribution in [0.2, 0.25) is 5.02 Å². The molecule has 0 radical (unpaired) electrons. The van der Waals surface area contributed by atoms with Crippen LogP contribution in [0.3, 0.4) is 0 Å². The summed E-state index contributed by atoms with van der Waals surface area (Å²) in [5.74, 6) is 0. The molecule has 1 aliphatic carbocycles. The van der Waals surface area contributed by atoms with Crippen LogP contribution >= 0.6 is 35.4 Å². The van der Waals surface area contributed by atoms with E-state index >= 15 is 0 Å². The molecule has 4 nitrogen and oxygen atoms in total. The second kappa shape index (κ2) is 6.48. The number of hydrogen-bond acceptors (Lipinski definition) is 3. The van der Waals surface area contributed by atoms with Gasteiger partial charge in [-0.3, -0.25) is 5.01 Å². The summed E-state index contributed by atoms with van der Waals surface area (Å²) in [6.07, 6.45) is 2.95. The largest absolute Gasteiger partial charge is 0.388 e. The highest BCUT2D eigenvalue weighted by Crippen LogP contribution is 2.52. The summed E-state index contributed by atoms with van der Waals surface area (Å²) in [5.41, 5.74) is 6.28. The lowest BCUT2D eigenvalue weighted by Gasteiger charge is -2.35. The van der Waals surface area contributed by atoms with E-state index in [4.69, 9.17) is 41.2 Å². The SMILES string of the molecule is N/C=N\N(C=S)CC(O)(Cc1ccccc1Cl)C1(Cl)CC1. The zero-order chi connectivity index (χ0) is 15.5. The Hall–Kier alpha value is -0.880. The van der Waals surface area contributed by atoms with Gasteiger partial charge in [0.2, 0.25) is 0 Å². The van der Waals surface area contributed by atoms with Gasteiger partial charge in [-0.1, -0.05) is 42.0 Å². The molecule has 0 amide bonds. The topological polar surface area (TPSA) is 61.8 Å². The molecular weight excluding hydrogens is 329 g/mol. The quantitative estimate of drug-likeness (QED) is 0.262. The van der Waals surface area contributed by atoms with E-state index in [0.29, 0.717) is 11.4 Å². The number of aliphatic hydroxyl groups is 1. The molecule has 1 fully saturated rings. The van der Waals surface area contributed by atoms with Gasteiger partial charge in [-0.25, -0.2) is 0 Å². The van der Waals surface area contributed by atoms with Gasteiger partial charge in [0.25, 0.3) is 0 Å². The Kier molecular flexibility index (Phi) is 5.09. The van der Waals surface area contributed by atoms with Gasteiger partial charge in [-0.05, 0) is 24.5 Å². The van der Waals surface area contributed by atoms with Crippen LogP contribution in [0, 0.1) is 0 Å². The van der Waals surface area contributed by atoms with Gasteiger partial charge in [-0.15, -0.1) is 11.6 Å². The molecule has 1 aromatic rings. The number of hydrogen-bond donors (Lipinski definition) is 2. The summed E-state index contributed by atoms with van der Waals surface area (Å²) in [4.78, 5) is -0.674. The second-order valence-electron chi connectivity index (χ2n) is 5.23. The number of alkyl halides is 1. The molecule has 21 heavy (non-hydrogen) atoms. The van der Waals surface area contributed by atoms with Crippen LogP contribution in [0.25, 0.3) is 0 Å². The highest BCUT2D eigenvalue weighted by atomic mass is 35.5. The molecule has 0 saturated heterocycles. The van der Waals surface area contributed by atoms with Crippen molar-refractivity contribution in [2.24, 2.45) is 10.8 Å². The number of benzene rings is 1. The smallest absolute Gasteiger partial charge is 0.107 e. The van der Waals surface area contributed by atoms with Crippen molar-refractivity contribution in [3.8, 4) is 0 Å². The van der Waals surface area contributed by atoms with Crippen LogP contribution < -0.4 is 5.73 Å². The lowest BCUT2D eigenvalue weighted by atomic mass is 9.88. The van der Waals surface area contributed by atoms with E-state index in [0.717, 1.165) is 24.7 Å². The van der Waals surface area contributed by atoms with E-state index < -0.39 is 10.5 Å². The Morgan fingerprint density at radius 1 is 1.48 bits per heavy atom. The normalized spacial score (nSPS) is 19.2. The van der Waals surface area contributed by atoms with Gasteiger partial charge in [-0.2, -0.15) is 5.10 Å². The van der Waals surface area contributed by atoms with Crippen LogP contribution in [-0.4, -0.2) is 39.0 Å². The molecule has 1 saturated carbocycles. The molecule has 0 spiro atoms. The molecular formula is C14H17Cl2N3OS. The fourth-order valence-corrected chi connectivity index (χ4v) is 2.90. The van der Waals surface area contributed by atoms with E-state index in [2.05, 4.69) is 5.10 Å². The minimum absolute atomic E-state index is 0.166. The third-order valence-electron chi connectivity index (χ3n) is 3.72. The summed E-state index contributed by atoms with van der Waals surface area (Å²) < 4.78 is 0. The molecule has 1 aliphatic rings. The van der Waals surface area contributed by atoms with Crippen molar-refractivity contribution in [1.82, 2.24) is 5.01 Å². The molecule has 3 N–H and O–H groups in total. The molecule has 0 bridgehead atoms. The first-order valence-electron chi connectivity index (χ1n) is 6.55. The molecule has 7 heteroatoms. The Morgan fingerprint density at radius 3 is 2.67 bits per heavy atom. The van der Waals surface area contributed by atoms with Gasteiger partial charge in [0.15, 0.2) is 0 Å². The molecule has 0 aliphatic heterocycles. The van der Waals surface area contributed by atoms with Crippen LogP contribution in [-0.2, 0) is 6.42 Å². The third kappa shape index (κ3) is 3.66. The molecule has 1 aromatic carbocycles. The first kappa shape index (κ1) is 16.5. The van der Waals surface area contributed by atoms with Crippen molar-refractivity contribution >= 4 is 47.2 Å². The number of hydrazone groups is 1. The Labute approximate surface area is 139 Å². The van der Waals surface area contributed by atoms with E-state index in [-0.39, 0.29) is 6.54 Å². The van der Waals surface area contributed by atoms with Gasteiger partial charge in [0.05, 0.1) is 16.9 Å². The average molecular weight is 346 g/mol. The van der Waals surface area contributed by atoms with Gasteiger partial charge >= 0.3 is 0 Å². The first-order chi connectivity index (χ1) is 9.94. The summed E-state index contributed by atoms with van der Waals surface area (Å²) >= 11 is 17.6. The third-order valence-corrected chi connectivity index (χ3v) is 5.07. The Balaban J connectivity index is 2.26. The van der Waals surface area contributed by atoms with Crippen molar-refractivity contribution < 1.29 is 5.11 Å². The lowest BCUT2D eigenvalue weighted by molar-refractivity contribution is 0.0103. The van der Waals surface area contributed by atoms with Gasteiger partial charge in [0, 0.05) is 11.4 Å². The number of nitrogens with zero attached hydrogens (tertiary/aromatic N) is 2. The molecule has 0 aromatic heterocycles. The van der Waals surface area contributed by atoms with Crippen molar-refractivity contribution in [3.05, 3.63) is 34.9 Å². The lowest BCUT2D eigenvalue weighted by Crippen LogP contribution is -2.51. The minimum atomic E-state index is -1.19. The average Bonchev–Trinajstić information content (AvgIpc) is 3.21. The first-order valence-corrected chi connectivity index (χ1v) is 7.78. The van der Waals surface area contributed by atoms with Crippen LogP contribution in [0.15, 0.2) is 29.4 Å². The summed E-state index contributed by atoms with van der Waals surface area (Å²) in [6.45, 7) is 0.166. The second-order valence-corrected chi connectivity index (χ2v) is 6.57. The van der Waals surface area contributed by atoms with Crippen molar-refractivity contribution in [3.63, 3.8) is 0 Å². The standard InChI is InChI=1S/C14H17Cl2N3OS/c15-12-4-2-1-3-11(12)7-14(20,13(16)5-6-13)8-19(10-21)18-9-17/h1-4,9-10,20H,5-8H2,(H2,17,18). The van der Waals surface area contributed by atoms with E-state index in [1.165, 1.54) is 10.5 Å². The molecule has 0 heterocycles. The maximum Gasteiger partial charge on any atom is 0.107 e. The predicted molar refractivity (Wildman–Crippen MR) is 91.0 cm³/mol. The Bertz CT molecular complexity index is 551. The van der Waals surface area contributed by atoms with Crippen molar-refractivity contribution in [2.45, 2.75) is 29.7 Å². The van der Waals surface area contributed by atoms with Crippen LogP contribution in [0.4, 0.5) is 0 Å². The minimum Gasteiger partial charge on any atom is -0.388 e. The highest BCUT2D eigenvalue weighted by Gasteiger charge is 2.58. The predicted octanol–water partition coefficient (Wildman–Crippen LogP) is 2.55. The Morgan fingerprint density at radius 2 is 2.14 bits per heavy atom. The van der Waals surface area contributed by atoms with Crippen LogP contribution in [0.5, 0.6) is 0 Å². The molecule has 1 unspecified atom stereocenters. The molecule has 2 rings (SSSR count). The maximum absolute atomic E-state index is 11.1. The van der Waals surface area contributed by atoms with Crippen molar-refractivity contribution in [2.75, 3.05) is 6.54 Å². The van der Waals surface area contributed by atoms with E-state index in [9.17, 15) is 5.11 Å². The van der Waals surface area contributed by atoms with Gasteiger partial charge < -0.3 is 10.8 Å². The van der Waals surface area contributed by atoms with Crippen molar-refractivity contribution in [1.29, 1.82) is 0 Å². The number of halogens is 2. The summed E-state index contributed by atoms with van der Waals surface area (Å²) in [5, 5.41) is 17.0. The van der Waals surface area contributed by atoms with Gasteiger partial charge in [0.1, 0.15) is 11.9 Å². The summed E-state index contributed by atoms with van der Waals surface area (Å²) in [6, 6.07) is 7.40. The van der Waals surface area contributed by atoms with E-state index in [1.807, 2.05) is 18.2 Å².